The van der Waals surface area contributed by atoms with Crippen molar-refractivity contribution in [2.45, 2.75) is 38.6 Å². The number of allylic oxidation sites excluding steroid dienone is 1. The second-order valence-electron chi connectivity index (χ2n) is 6.83. The minimum atomic E-state index is -0.00537. The largest absolute Gasteiger partial charge is 0.379 e. The van der Waals surface area contributed by atoms with E-state index in [1.165, 1.54) is 11.1 Å². The Bertz CT molecular complexity index is 578. The summed E-state index contributed by atoms with van der Waals surface area (Å²) in [5, 5.41) is 6.86. The van der Waals surface area contributed by atoms with E-state index in [-0.39, 0.29) is 42.1 Å². The van der Waals surface area contributed by atoms with Crippen LogP contribution < -0.4 is 10.6 Å². The van der Waals surface area contributed by atoms with Crippen molar-refractivity contribution in [2.75, 3.05) is 13.1 Å². The highest BCUT2D eigenvalue weighted by atomic mass is 35.5. The summed E-state index contributed by atoms with van der Waals surface area (Å²) >= 11 is 0. The SMILES string of the molecule is CC1(C)Cc2ccccc2/C(=C/C(=O)C2CCNCC2)N1.Cl.Cl. The lowest BCUT2D eigenvalue weighted by Gasteiger charge is -2.35. The number of piperidine rings is 1. The zero-order valence-corrected chi connectivity index (χ0v) is 15.4. The van der Waals surface area contributed by atoms with Crippen molar-refractivity contribution in [3.05, 3.63) is 41.5 Å². The van der Waals surface area contributed by atoms with Gasteiger partial charge in [0.25, 0.3) is 0 Å². The first-order valence-corrected chi connectivity index (χ1v) is 7.88. The van der Waals surface area contributed by atoms with Crippen molar-refractivity contribution >= 4 is 36.3 Å². The van der Waals surface area contributed by atoms with Crippen LogP contribution in [0.5, 0.6) is 0 Å². The van der Waals surface area contributed by atoms with Crippen LogP contribution in [0.15, 0.2) is 30.3 Å². The summed E-state index contributed by atoms with van der Waals surface area (Å²) in [6.07, 6.45) is 4.74. The molecule has 0 radical (unpaired) electrons. The van der Waals surface area contributed by atoms with E-state index in [2.05, 4.69) is 42.7 Å². The fourth-order valence-electron chi connectivity index (χ4n) is 3.37. The number of fused-ring (bicyclic) bond motifs is 1. The molecule has 0 spiro atoms. The molecule has 3 nitrogen and oxygen atoms in total. The van der Waals surface area contributed by atoms with Gasteiger partial charge in [0.05, 0.1) is 0 Å². The summed E-state index contributed by atoms with van der Waals surface area (Å²) in [6.45, 7) is 6.28. The third-order valence-corrected chi connectivity index (χ3v) is 4.44. The van der Waals surface area contributed by atoms with Gasteiger partial charge in [-0.05, 0) is 51.8 Å². The summed E-state index contributed by atoms with van der Waals surface area (Å²) in [6, 6.07) is 8.40. The molecule has 0 saturated carbocycles. The molecule has 2 heterocycles. The molecule has 5 heteroatoms. The lowest BCUT2D eigenvalue weighted by Crippen LogP contribution is -2.44. The number of hydrogen-bond acceptors (Lipinski definition) is 3. The smallest absolute Gasteiger partial charge is 0.160 e. The predicted octanol–water partition coefficient (Wildman–Crippen LogP) is 3.36. The summed E-state index contributed by atoms with van der Waals surface area (Å²) in [5.41, 5.74) is 3.49. The highest BCUT2D eigenvalue weighted by Gasteiger charge is 2.28. The van der Waals surface area contributed by atoms with Crippen molar-refractivity contribution in [1.82, 2.24) is 10.6 Å². The summed E-state index contributed by atoms with van der Waals surface area (Å²) in [5.74, 6) is 0.448. The van der Waals surface area contributed by atoms with Crippen LogP contribution >= 0.6 is 24.8 Å². The molecule has 2 aliphatic heterocycles. The topological polar surface area (TPSA) is 41.1 Å². The van der Waals surface area contributed by atoms with Crippen LogP contribution in [-0.2, 0) is 11.2 Å². The van der Waals surface area contributed by atoms with Crippen molar-refractivity contribution in [3.8, 4) is 0 Å². The Kier molecular flexibility index (Phi) is 7.12. The highest BCUT2D eigenvalue weighted by Crippen LogP contribution is 2.30. The molecular weight excluding hydrogens is 331 g/mol. The molecule has 1 fully saturated rings. The van der Waals surface area contributed by atoms with Crippen LogP contribution in [0, 0.1) is 5.92 Å². The van der Waals surface area contributed by atoms with E-state index in [1.807, 2.05) is 12.1 Å². The maximum absolute atomic E-state index is 12.5. The number of halogens is 2. The molecule has 2 N–H and O–H groups in total. The second-order valence-corrected chi connectivity index (χ2v) is 6.83. The summed E-state index contributed by atoms with van der Waals surface area (Å²) in [4.78, 5) is 12.5. The maximum Gasteiger partial charge on any atom is 0.160 e. The van der Waals surface area contributed by atoms with E-state index in [9.17, 15) is 4.79 Å². The molecule has 23 heavy (non-hydrogen) atoms. The van der Waals surface area contributed by atoms with Crippen LogP contribution in [-0.4, -0.2) is 24.4 Å². The number of carbonyl (C=O) groups is 1. The molecule has 0 amide bonds. The normalized spacial score (nSPS) is 21.4. The Morgan fingerprint density at radius 2 is 1.83 bits per heavy atom. The average molecular weight is 357 g/mol. The van der Waals surface area contributed by atoms with Crippen molar-refractivity contribution in [1.29, 1.82) is 0 Å². The van der Waals surface area contributed by atoms with Crippen LogP contribution in [0.2, 0.25) is 0 Å². The van der Waals surface area contributed by atoms with Gasteiger partial charge in [-0.25, -0.2) is 0 Å². The molecule has 2 aliphatic rings. The van der Waals surface area contributed by atoms with E-state index in [4.69, 9.17) is 0 Å². The number of carbonyl (C=O) groups excluding carboxylic acids is 1. The number of ketones is 1. The van der Waals surface area contributed by atoms with Gasteiger partial charge >= 0.3 is 0 Å². The summed E-state index contributed by atoms with van der Waals surface area (Å²) in [7, 11) is 0. The molecule has 0 bridgehead atoms. The third kappa shape index (κ3) is 4.72. The molecule has 0 aromatic heterocycles. The van der Waals surface area contributed by atoms with Gasteiger partial charge in [-0.15, -0.1) is 24.8 Å². The fourth-order valence-corrected chi connectivity index (χ4v) is 3.37. The predicted molar refractivity (Wildman–Crippen MR) is 100 cm³/mol. The van der Waals surface area contributed by atoms with Crippen LogP contribution in [0.4, 0.5) is 0 Å². The second kappa shape index (κ2) is 8.18. The van der Waals surface area contributed by atoms with Gasteiger partial charge in [-0.3, -0.25) is 4.79 Å². The minimum Gasteiger partial charge on any atom is -0.379 e. The van der Waals surface area contributed by atoms with E-state index in [0.717, 1.165) is 38.0 Å². The monoisotopic (exact) mass is 356 g/mol. The lowest BCUT2D eigenvalue weighted by molar-refractivity contribution is -0.118. The quantitative estimate of drug-likeness (QED) is 0.798. The molecule has 1 aromatic carbocycles. The first-order valence-electron chi connectivity index (χ1n) is 7.88. The van der Waals surface area contributed by atoms with Crippen molar-refractivity contribution < 1.29 is 4.79 Å². The minimum absolute atomic E-state index is 0. The number of hydrogen-bond donors (Lipinski definition) is 2. The van der Waals surface area contributed by atoms with E-state index >= 15 is 0 Å². The van der Waals surface area contributed by atoms with E-state index < -0.39 is 0 Å². The molecule has 1 saturated heterocycles. The van der Waals surface area contributed by atoms with Gasteiger partial charge in [0, 0.05) is 28.8 Å². The molecular formula is C18H26Cl2N2O. The van der Waals surface area contributed by atoms with Crippen molar-refractivity contribution in [3.63, 3.8) is 0 Å². The lowest BCUT2D eigenvalue weighted by atomic mass is 9.84. The van der Waals surface area contributed by atoms with Crippen molar-refractivity contribution in [2.24, 2.45) is 5.92 Å². The van der Waals surface area contributed by atoms with Gasteiger partial charge < -0.3 is 10.6 Å². The maximum atomic E-state index is 12.5. The van der Waals surface area contributed by atoms with Crippen LogP contribution in [0.1, 0.15) is 37.8 Å². The first kappa shape index (κ1) is 20.0. The first-order chi connectivity index (χ1) is 10.1. The molecule has 0 aliphatic carbocycles. The average Bonchev–Trinajstić information content (AvgIpc) is 2.47. The summed E-state index contributed by atoms with van der Waals surface area (Å²) < 4.78 is 0. The Morgan fingerprint density at radius 1 is 1.17 bits per heavy atom. The number of rotatable bonds is 2. The van der Waals surface area contributed by atoms with E-state index in [0.29, 0.717) is 0 Å². The van der Waals surface area contributed by atoms with Crippen LogP contribution in [0.3, 0.4) is 0 Å². The Morgan fingerprint density at radius 3 is 2.52 bits per heavy atom. The fraction of sp³-hybridized carbons (Fsp3) is 0.500. The number of benzene rings is 1. The zero-order valence-electron chi connectivity index (χ0n) is 13.7. The van der Waals surface area contributed by atoms with Gasteiger partial charge in [-0.2, -0.15) is 0 Å². The zero-order chi connectivity index (χ0) is 14.9. The molecule has 1 aromatic rings. The molecule has 128 valence electrons. The van der Waals surface area contributed by atoms with Crippen LogP contribution in [0.25, 0.3) is 5.70 Å². The molecule has 0 atom stereocenters. The number of nitrogens with one attached hydrogen (secondary N) is 2. The Labute approximate surface area is 151 Å². The standard InChI is InChI=1S/C18H24N2O.2ClH/c1-18(2)12-14-5-3-4-6-15(14)16(20-18)11-17(21)13-7-9-19-10-8-13;;/h3-6,11,13,19-20H,7-10,12H2,1-2H3;2*1H/b16-11-;;. The Hall–Kier alpha value is -1.03. The van der Waals surface area contributed by atoms with E-state index in [1.54, 1.807) is 0 Å². The van der Waals surface area contributed by atoms with Gasteiger partial charge in [-0.1, -0.05) is 24.3 Å². The molecule has 3 rings (SSSR count). The highest BCUT2D eigenvalue weighted by molar-refractivity contribution is 5.98. The Balaban J connectivity index is 0.00000132. The molecule has 0 unspecified atom stereocenters. The van der Waals surface area contributed by atoms with Gasteiger partial charge in [0.15, 0.2) is 5.78 Å². The van der Waals surface area contributed by atoms with Gasteiger partial charge in [0.2, 0.25) is 0 Å². The van der Waals surface area contributed by atoms with Gasteiger partial charge in [0.1, 0.15) is 0 Å². The third-order valence-electron chi connectivity index (χ3n) is 4.44.